The number of nitrogens with zero attached hydrogens (tertiary/aromatic N) is 3. The molecule has 19 heavy (non-hydrogen) atoms. The minimum Gasteiger partial charge on any atom is -0.398 e. The number of rotatable bonds is 4. The number of hydrogen-bond donors (Lipinski definition) is 1. The van der Waals surface area contributed by atoms with Crippen LogP contribution in [0, 0.1) is 13.8 Å². The summed E-state index contributed by atoms with van der Waals surface area (Å²) in [6.07, 6.45) is 2.46. The van der Waals surface area contributed by atoms with E-state index in [0.29, 0.717) is 17.3 Å². The van der Waals surface area contributed by atoms with Crippen LogP contribution in [0.4, 0.5) is 5.69 Å². The van der Waals surface area contributed by atoms with E-state index < -0.39 is 0 Å². The van der Waals surface area contributed by atoms with Gasteiger partial charge in [0, 0.05) is 31.0 Å². The molecule has 0 atom stereocenters. The average Bonchev–Trinajstić information content (AvgIpc) is 2.61. The first-order valence-corrected chi connectivity index (χ1v) is 6.52. The fourth-order valence-electron chi connectivity index (χ4n) is 2.01. The zero-order valence-corrected chi connectivity index (χ0v) is 11.8. The van der Waals surface area contributed by atoms with Gasteiger partial charge in [-0.2, -0.15) is 5.10 Å². The molecule has 0 aromatic carbocycles. The van der Waals surface area contributed by atoms with Crippen LogP contribution in [0.15, 0.2) is 23.1 Å². The standard InChI is InChI=1S/C13H17ClN4O/c1-9-13(14)10(2)18(16-9)7-3-6-17-8-11(15)4-5-12(17)19/h4-5,8H,3,6-7,15H2,1-2H3. The van der Waals surface area contributed by atoms with E-state index in [-0.39, 0.29) is 5.56 Å². The van der Waals surface area contributed by atoms with Crippen molar-refractivity contribution >= 4 is 17.3 Å². The van der Waals surface area contributed by atoms with Crippen LogP contribution < -0.4 is 11.3 Å². The third-order valence-corrected chi connectivity index (χ3v) is 3.62. The van der Waals surface area contributed by atoms with Crippen molar-refractivity contribution in [2.75, 3.05) is 5.73 Å². The normalized spacial score (nSPS) is 10.9. The molecule has 0 radical (unpaired) electrons. The Kier molecular flexibility index (Phi) is 3.95. The number of halogens is 1. The molecule has 102 valence electrons. The first kappa shape index (κ1) is 13.7. The summed E-state index contributed by atoms with van der Waals surface area (Å²) in [5.41, 5.74) is 8.00. The van der Waals surface area contributed by atoms with E-state index in [1.54, 1.807) is 16.8 Å². The predicted molar refractivity (Wildman–Crippen MR) is 76.4 cm³/mol. The van der Waals surface area contributed by atoms with E-state index in [1.165, 1.54) is 6.07 Å². The van der Waals surface area contributed by atoms with Crippen LogP contribution in [0.2, 0.25) is 5.02 Å². The second-order valence-corrected chi connectivity index (χ2v) is 4.93. The average molecular weight is 281 g/mol. The molecule has 2 rings (SSSR count). The molecule has 0 unspecified atom stereocenters. The Morgan fingerprint density at radius 1 is 1.32 bits per heavy atom. The van der Waals surface area contributed by atoms with Crippen molar-refractivity contribution in [3.63, 3.8) is 0 Å². The highest BCUT2D eigenvalue weighted by Gasteiger charge is 2.08. The van der Waals surface area contributed by atoms with Crippen molar-refractivity contribution in [1.82, 2.24) is 14.3 Å². The minimum absolute atomic E-state index is 0.0411. The maximum Gasteiger partial charge on any atom is 0.250 e. The van der Waals surface area contributed by atoms with Crippen LogP contribution in [-0.2, 0) is 13.1 Å². The van der Waals surface area contributed by atoms with Gasteiger partial charge in [-0.1, -0.05) is 11.6 Å². The monoisotopic (exact) mass is 280 g/mol. The SMILES string of the molecule is Cc1nn(CCCn2cc(N)ccc2=O)c(C)c1Cl. The summed E-state index contributed by atoms with van der Waals surface area (Å²) in [6, 6.07) is 3.09. The molecule has 0 aliphatic heterocycles. The molecule has 0 saturated carbocycles. The number of aromatic nitrogens is 3. The van der Waals surface area contributed by atoms with E-state index in [9.17, 15) is 4.79 Å². The predicted octanol–water partition coefficient (Wildman–Crippen LogP) is 1.99. The van der Waals surface area contributed by atoms with Gasteiger partial charge in [0.25, 0.3) is 5.56 Å². The molecule has 0 saturated heterocycles. The zero-order chi connectivity index (χ0) is 14.0. The molecule has 2 aromatic heterocycles. The number of anilines is 1. The summed E-state index contributed by atoms with van der Waals surface area (Å²) in [5, 5.41) is 5.06. The van der Waals surface area contributed by atoms with E-state index in [1.807, 2.05) is 18.5 Å². The van der Waals surface area contributed by atoms with Gasteiger partial charge in [0.15, 0.2) is 0 Å². The Balaban J connectivity index is 2.02. The van der Waals surface area contributed by atoms with Gasteiger partial charge in [0.1, 0.15) is 0 Å². The van der Waals surface area contributed by atoms with Crippen molar-refractivity contribution in [2.45, 2.75) is 33.4 Å². The summed E-state index contributed by atoms with van der Waals surface area (Å²) < 4.78 is 3.48. The Bertz CT molecular complexity index is 645. The Labute approximate surface area is 116 Å². The van der Waals surface area contributed by atoms with Gasteiger partial charge in [0.05, 0.1) is 16.4 Å². The maximum absolute atomic E-state index is 11.6. The molecule has 2 aromatic rings. The number of hydrogen-bond acceptors (Lipinski definition) is 3. The third kappa shape index (κ3) is 2.98. The van der Waals surface area contributed by atoms with Crippen molar-refractivity contribution in [1.29, 1.82) is 0 Å². The Morgan fingerprint density at radius 2 is 2.05 bits per heavy atom. The lowest BCUT2D eigenvalue weighted by Gasteiger charge is -2.07. The van der Waals surface area contributed by atoms with Crippen LogP contribution in [0.5, 0.6) is 0 Å². The van der Waals surface area contributed by atoms with Crippen LogP contribution in [0.1, 0.15) is 17.8 Å². The number of pyridine rings is 1. The molecule has 2 heterocycles. The second-order valence-electron chi connectivity index (χ2n) is 4.56. The maximum atomic E-state index is 11.6. The van der Waals surface area contributed by atoms with Gasteiger partial charge in [-0.15, -0.1) is 0 Å². The van der Waals surface area contributed by atoms with E-state index in [4.69, 9.17) is 17.3 Å². The first-order valence-electron chi connectivity index (χ1n) is 6.14. The topological polar surface area (TPSA) is 65.8 Å². The highest BCUT2D eigenvalue weighted by atomic mass is 35.5. The highest BCUT2D eigenvalue weighted by molar-refractivity contribution is 6.31. The van der Waals surface area contributed by atoms with Gasteiger partial charge >= 0.3 is 0 Å². The summed E-state index contributed by atoms with van der Waals surface area (Å²) in [5.74, 6) is 0. The Morgan fingerprint density at radius 3 is 2.68 bits per heavy atom. The van der Waals surface area contributed by atoms with E-state index in [2.05, 4.69) is 5.10 Å². The van der Waals surface area contributed by atoms with Gasteiger partial charge < -0.3 is 10.3 Å². The first-order chi connectivity index (χ1) is 8.99. The molecule has 0 spiro atoms. The van der Waals surface area contributed by atoms with Crippen LogP contribution in [0.25, 0.3) is 0 Å². The fraction of sp³-hybridized carbons (Fsp3) is 0.385. The number of aryl methyl sites for hydroxylation is 3. The number of nitrogen functional groups attached to an aromatic ring is 1. The summed E-state index contributed by atoms with van der Waals surface area (Å²) >= 11 is 6.09. The van der Waals surface area contributed by atoms with Crippen molar-refractivity contribution in [2.24, 2.45) is 0 Å². The van der Waals surface area contributed by atoms with Crippen molar-refractivity contribution < 1.29 is 0 Å². The quantitative estimate of drug-likeness (QED) is 0.931. The van der Waals surface area contributed by atoms with Crippen molar-refractivity contribution in [3.8, 4) is 0 Å². The van der Waals surface area contributed by atoms with E-state index in [0.717, 1.165) is 24.4 Å². The highest BCUT2D eigenvalue weighted by Crippen LogP contribution is 2.18. The zero-order valence-electron chi connectivity index (χ0n) is 11.1. The molecule has 0 fully saturated rings. The van der Waals surface area contributed by atoms with E-state index >= 15 is 0 Å². The summed E-state index contributed by atoms with van der Waals surface area (Å²) in [4.78, 5) is 11.6. The largest absolute Gasteiger partial charge is 0.398 e. The van der Waals surface area contributed by atoms with Crippen LogP contribution >= 0.6 is 11.6 Å². The minimum atomic E-state index is -0.0411. The lowest BCUT2D eigenvalue weighted by molar-refractivity contribution is 0.510. The smallest absolute Gasteiger partial charge is 0.250 e. The summed E-state index contributed by atoms with van der Waals surface area (Å²) in [6.45, 7) is 5.16. The van der Waals surface area contributed by atoms with Gasteiger partial charge in [-0.05, 0) is 26.3 Å². The molecule has 2 N–H and O–H groups in total. The molecular weight excluding hydrogens is 264 g/mol. The molecular formula is C13H17ClN4O. The van der Waals surface area contributed by atoms with Crippen LogP contribution in [-0.4, -0.2) is 14.3 Å². The molecule has 6 heteroatoms. The van der Waals surface area contributed by atoms with Gasteiger partial charge in [-0.25, -0.2) is 0 Å². The molecule has 0 aliphatic carbocycles. The molecule has 0 aliphatic rings. The van der Waals surface area contributed by atoms with Crippen LogP contribution in [0.3, 0.4) is 0 Å². The lowest BCUT2D eigenvalue weighted by atomic mass is 10.3. The number of nitrogens with two attached hydrogens (primary N) is 1. The van der Waals surface area contributed by atoms with Gasteiger partial charge in [0.2, 0.25) is 0 Å². The molecule has 0 bridgehead atoms. The summed E-state index contributed by atoms with van der Waals surface area (Å²) in [7, 11) is 0. The second kappa shape index (κ2) is 5.48. The molecule has 0 amide bonds. The Hall–Kier alpha value is -1.75. The fourth-order valence-corrected chi connectivity index (χ4v) is 2.14. The third-order valence-electron chi connectivity index (χ3n) is 3.07. The van der Waals surface area contributed by atoms with Crippen molar-refractivity contribution in [3.05, 3.63) is 45.1 Å². The van der Waals surface area contributed by atoms with Gasteiger partial charge in [-0.3, -0.25) is 9.48 Å². The lowest BCUT2D eigenvalue weighted by Crippen LogP contribution is -2.20. The molecule has 5 nitrogen and oxygen atoms in total.